The van der Waals surface area contributed by atoms with E-state index >= 15 is 0 Å². The van der Waals surface area contributed by atoms with Gasteiger partial charge in [-0.15, -0.1) is 0 Å². The third-order valence-electron chi connectivity index (χ3n) is 4.28. The second-order valence-corrected chi connectivity index (χ2v) is 6.18. The van der Waals surface area contributed by atoms with Crippen LogP contribution in [0, 0.1) is 17.8 Å². The largest absolute Gasteiger partial charge is 0.481 e. The predicted octanol–water partition coefficient (Wildman–Crippen LogP) is 2.56. The number of nitrogens with zero attached hydrogens (tertiary/aromatic N) is 1. The lowest BCUT2D eigenvalue weighted by Gasteiger charge is -2.22. The van der Waals surface area contributed by atoms with Gasteiger partial charge in [0.2, 0.25) is 0 Å². The molecule has 0 bridgehead atoms. The number of carboxylic acid groups (broad SMARTS) is 1. The Labute approximate surface area is 121 Å². The molecule has 0 saturated carbocycles. The van der Waals surface area contributed by atoms with Gasteiger partial charge in [-0.05, 0) is 37.5 Å². The molecule has 1 heterocycles. The van der Waals surface area contributed by atoms with Crippen molar-refractivity contribution in [3.63, 3.8) is 0 Å². The van der Waals surface area contributed by atoms with Gasteiger partial charge in [0.1, 0.15) is 0 Å². The fourth-order valence-electron chi connectivity index (χ4n) is 2.62. The summed E-state index contributed by atoms with van der Waals surface area (Å²) in [5.74, 6) is 0.160. The van der Waals surface area contributed by atoms with Gasteiger partial charge in [-0.3, -0.25) is 4.79 Å². The zero-order chi connectivity index (χ0) is 15.1. The molecule has 1 aliphatic rings. The smallest absolute Gasteiger partial charge is 0.317 e. The van der Waals surface area contributed by atoms with Gasteiger partial charge in [0.05, 0.1) is 5.92 Å². The molecule has 0 aromatic heterocycles. The van der Waals surface area contributed by atoms with Crippen molar-refractivity contribution in [2.75, 3.05) is 19.6 Å². The molecule has 20 heavy (non-hydrogen) atoms. The number of hydrogen-bond donors (Lipinski definition) is 2. The maximum atomic E-state index is 12.0. The summed E-state index contributed by atoms with van der Waals surface area (Å²) in [6.45, 7) is 8.19. The highest BCUT2D eigenvalue weighted by atomic mass is 16.4. The van der Waals surface area contributed by atoms with Gasteiger partial charge >= 0.3 is 12.0 Å². The van der Waals surface area contributed by atoms with E-state index in [-0.39, 0.29) is 6.03 Å². The first-order chi connectivity index (χ1) is 9.41. The van der Waals surface area contributed by atoms with E-state index in [1.807, 2.05) is 4.90 Å². The molecule has 5 heteroatoms. The van der Waals surface area contributed by atoms with Crippen molar-refractivity contribution in [2.24, 2.45) is 17.8 Å². The first-order valence-corrected chi connectivity index (χ1v) is 7.67. The second-order valence-electron chi connectivity index (χ2n) is 6.18. The molecular weight excluding hydrogens is 256 g/mol. The predicted molar refractivity (Wildman–Crippen MR) is 78.6 cm³/mol. The lowest BCUT2D eigenvalue weighted by Crippen LogP contribution is -2.41. The highest BCUT2D eigenvalue weighted by Crippen LogP contribution is 2.24. The summed E-state index contributed by atoms with van der Waals surface area (Å²) in [6.07, 6.45) is 3.79. The van der Waals surface area contributed by atoms with Gasteiger partial charge in [-0.25, -0.2) is 4.79 Å². The van der Waals surface area contributed by atoms with E-state index in [1.54, 1.807) is 6.92 Å². The monoisotopic (exact) mass is 284 g/mol. The standard InChI is InChI=1S/C15H28N2O3/c1-11(2)13-5-4-9-17(10-7-13)15(20)16-8-6-12(3)14(18)19/h11-13H,4-10H2,1-3H3,(H,16,20)(H,18,19). The van der Waals surface area contributed by atoms with Crippen LogP contribution in [0.15, 0.2) is 0 Å². The van der Waals surface area contributed by atoms with Gasteiger partial charge in [0.25, 0.3) is 0 Å². The van der Waals surface area contributed by atoms with Crippen molar-refractivity contribution in [3.05, 3.63) is 0 Å². The third kappa shape index (κ3) is 5.39. The number of carbonyl (C=O) groups excluding carboxylic acids is 1. The van der Waals surface area contributed by atoms with Crippen LogP contribution in [0.2, 0.25) is 0 Å². The summed E-state index contributed by atoms with van der Waals surface area (Å²) in [4.78, 5) is 24.6. The number of nitrogens with one attached hydrogen (secondary N) is 1. The molecule has 2 atom stereocenters. The molecule has 2 N–H and O–H groups in total. The summed E-state index contributed by atoms with van der Waals surface area (Å²) < 4.78 is 0. The third-order valence-corrected chi connectivity index (χ3v) is 4.28. The van der Waals surface area contributed by atoms with E-state index in [2.05, 4.69) is 19.2 Å². The summed E-state index contributed by atoms with van der Waals surface area (Å²) in [5, 5.41) is 11.6. The van der Waals surface area contributed by atoms with Gasteiger partial charge in [0.15, 0.2) is 0 Å². The van der Waals surface area contributed by atoms with Crippen LogP contribution in [0.5, 0.6) is 0 Å². The highest BCUT2D eigenvalue weighted by Gasteiger charge is 2.22. The normalized spacial score (nSPS) is 21.4. The molecule has 1 rings (SSSR count). The van der Waals surface area contributed by atoms with Crippen LogP contribution >= 0.6 is 0 Å². The van der Waals surface area contributed by atoms with Crippen molar-refractivity contribution < 1.29 is 14.7 Å². The van der Waals surface area contributed by atoms with E-state index in [1.165, 1.54) is 6.42 Å². The Morgan fingerprint density at radius 2 is 1.95 bits per heavy atom. The number of urea groups is 1. The Kier molecular flexibility index (Phi) is 6.82. The first kappa shape index (κ1) is 16.8. The summed E-state index contributed by atoms with van der Waals surface area (Å²) >= 11 is 0. The summed E-state index contributed by atoms with van der Waals surface area (Å²) in [7, 11) is 0. The zero-order valence-electron chi connectivity index (χ0n) is 12.9. The van der Waals surface area contributed by atoms with E-state index in [0.717, 1.165) is 25.9 Å². The molecule has 0 spiro atoms. The Morgan fingerprint density at radius 3 is 2.55 bits per heavy atom. The lowest BCUT2D eigenvalue weighted by molar-refractivity contribution is -0.141. The van der Waals surface area contributed by atoms with Gasteiger partial charge < -0.3 is 15.3 Å². The van der Waals surface area contributed by atoms with Crippen LogP contribution in [0.3, 0.4) is 0 Å². The van der Waals surface area contributed by atoms with Gasteiger partial charge in [0, 0.05) is 19.6 Å². The molecule has 0 aliphatic carbocycles. The second kappa shape index (κ2) is 8.12. The van der Waals surface area contributed by atoms with Crippen LogP contribution in [0.1, 0.15) is 46.5 Å². The molecule has 0 aromatic rings. The van der Waals surface area contributed by atoms with Crippen molar-refractivity contribution in [1.29, 1.82) is 0 Å². The van der Waals surface area contributed by atoms with Crippen molar-refractivity contribution >= 4 is 12.0 Å². The average Bonchev–Trinajstić information content (AvgIpc) is 2.63. The number of rotatable bonds is 5. The maximum Gasteiger partial charge on any atom is 0.317 e. The Hall–Kier alpha value is -1.26. The molecule has 0 aromatic carbocycles. The molecule has 0 radical (unpaired) electrons. The van der Waals surface area contributed by atoms with Gasteiger partial charge in [-0.1, -0.05) is 20.8 Å². The van der Waals surface area contributed by atoms with Crippen LogP contribution in [-0.2, 0) is 4.79 Å². The number of carbonyl (C=O) groups is 2. The fourth-order valence-corrected chi connectivity index (χ4v) is 2.62. The van der Waals surface area contributed by atoms with Crippen LogP contribution in [-0.4, -0.2) is 41.6 Å². The Balaban J connectivity index is 2.31. The van der Waals surface area contributed by atoms with E-state index in [9.17, 15) is 9.59 Å². The molecule has 5 nitrogen and oxygen atoms in total. The highest BCUT2D eigenvalue weighted by molar-refractivity contribution is 5.74. The minimum absolute atomic E-state index is 0.0491. The van der Waals surface area contributed by atoms with Crippen LogP contribution in [0.25, 0.3) is 0 Å². The number of aliphatic carboxylic acids is 1. The van der Waals surface area contributed by atoms with Crippen molar-refractivity contribution in [3.8, 4) is 0 Å². The minimum atomic E-state index is -0.811. The summed E-state index contributed by atoms with van der Waals surface area (Å²) in [5.41, 5.74) is 0. The van der Waals surface area contributed by atoms with E-state index < -0.39 is 11.9 Å². The molecule has 1 aliphatic heterocycles. The topological polar surface area (TPSA) is 69.6 Å². The summed E-state index contributed by atoms with van der Waals surface area (Å²) in [6, 6.07) is -0.0491. The van der Waals surface area contributed by atoms with E-state index in [4.69, 9.17) is 5.11 Å². The van der Waals surface area contributed by atoms with Crippen LogP contribution in [0.4, 0.5) is 4.79 Å². The number of hydrogen-bond acceptors (Lipinski definition) is 2. The fraction of sp³-hybridized carbons (Fsp3) is 0.867. The lowest BCUT2D eigenvalue weighted by atomic mass is 9.89. The maximum absolute atomic E-state index is 12.0. The van der Waals surface area contributed by atoms with Gasteiger partial charge in [-0.2, -0.15) is 0 Å². The molecule has 1 saturated heterocycles. The average molecular weight is 284 g/mol. The number of likely N-dealkylation sites (tertiary alicyclic amines) is 1. The van der Waals surface area contributed by atoms with E-state index in [0.29, 0.717) is 24.8 Å². The first-order valence-electron chi connectivity index (χ1n) is 7.67. The SMILES string of the molecule is CC(CCNC(=O)N1CCCC(C(C)C)CC1)C(=O)O. The zero-order valence-corrected chi connectivity index (χ0v) is 12.9. The Bertz CT molecular complexity index is 331. The van der Waals surface area contributed by atoms with Crippen molar-refractivity contribution in [1.82, 2.24) is 10.2 Å². The van der Waals surface area contributed by atoms with Crippen LogP contribution < -0.4 is 5.32 Å². The molecule has 116 valence electrons. The molecule has 2 unspecified atom stereocenters. The molecule has 1 fully saturated rings. The minimum Gasteiger partial charge on any atom is -0.481 e. The molecular formula is C15H28N2O3. The number of carboxylic acids is 1. The van der Waals surface area contributed by atoms with Crippen molar-refractivity contribution in [2.45, 2.75) is 46.5 Å². The quantitative estimate of drug-likeness (QED) is 0.815. The number of amides is 2. The Morgan fingerprint density at radius 1 is 1.25 bits per heavy atom. The molecule has 2 amide bonds.